The summed E-state index contributed by atoms with van der Waals surface area (Å²) in [6, 6.07) is 2.57. The molecule has 0 radical (unpaired) electrons. The van der Waals surface area contributed by atoms with Crippen molar-refractivity contribution in [3.63, 3.8) is 0 Å². The molecule has 2 rings (SSSR count). The van der Waals surface area contributed by atoms with E-state index in [1.54, 1.807) is 13.0 Å². The fourth-order valence-corrected chi connectivity index (χ4v) is 1.26. The molecule has 2 aromatic heterocycles. The fraction of sp³-hybridized carbons (Fsp3) is 0.333. The van der Waals surface area contributed by atoms with E-state index < -0.39 is 11.9 Å². The van der Waals surface area contributed by atoms with Gasteiger partial charge in [0, 0.05) is 12.3 Å². The van der Waals surface area contributed by atoms with Gasteiger partial charge >= 0.3 is 6.18 Å². The number of halogens is 3. The zero-order chi connectivity index (χ0) is 11.8. The number of hydrogen-bond donors (Lipinski definition) is 0. The first kappa shape index (κ1) is 10.7. The first-order chi connectivity index (χ1) is 7.45. The SMILES string of the molecule is Cc1cc(Cn2ccc(C(F)(F)F)n2)no1. The Labute approximate surface area is 88.7 Å². The highest BCUT2D eigenvalue weighted by molar-refractivity contribution is 5.07. The van der Waals surface area contributed by atoms with E-state index in [2.05, 4.69) is 10.3 Å². The number of rotatable bonds is 2. The Balaban J connectivity index is 2.14. The van der Waals surface area contributed by atoms with Crippen molar-refractivity contribution in [2.24, 2.45) is 0 Å². The molecule has 0 unspecified atom stereocenters. The van der Waals surface area contributed by atoms with Gasteiger partial charge in [-0.25, -0.2) is 0 Å². The predicted molar refractivity (Wildman–Crippen MR) is 47.6 cm³/mol. The average Bonchev–Trinajstić information content (AvgIpc) is 2.74. The Bertz CT molecular complexity index is 486. The van der Waals surface area contributed by atoms with Crippen LogP contribution < -0.4 is 0 Å². The van der Waals surface area contributed by atoms with Crippen molar-refractivity contribution in [3.05, 3.63) is 35.5 Å². The van der Waals surface area contributed by atoms with E-state index in [4.69, 9.17) is 4.52 Å². The maximum Gasteiger partial charge on any atom is 0.435 e. The summed E-state index contributed by atoms with van der Waals surface area (Å²) in [6.07, 6.45) is -3.15. The lowest BCUT2D eigenvalue weighted by atomic mass is 10.4. The van der Waals surface area contributed by atoms with Crippen LogP contribution in [0.1, 0.15) is 17.1 Å². The van der Waals surface area contributed by atoms with Gasteiger partial charge in [0.2, 0.25) is 0 Å². The van der Waals surface area contributed by atoms with E-state index in [0.717, 1.165) is 6.07 Å². The summed E-state index contributed by atoms with van der Waals surface area (Å²) in [7, 11) is 0. The molecule has 0 aromatic carbocycles. The summed E-state index contributed by atoms with van der Waals surface area (Å²) in [4.78, 5) is 0. The Morgan fingerprint density at radius 1 is 1.44 bits per heavy atom. The number of hydrogen-bond acceptors (Lipinski definition) is 3. The van der Waals surface area contributed by atoms with E-state index in [1.165, 1.54) is 10.9 Å². The molecule has 7 heteroatoms. The maximum atomic E-state index is 12.2. The minimum atomic E-state index is -4.41. The van der Waals surface area contributed by atoms with E-state index >= 15 is 0 Å². The Kier molecular flexibility index (Phi) is 2.45. The molecule has 0 aliphatic carbocycles. The molecule has 0 saturated heterocycles. The third kappa shape index (κ3) is 2.23. The van der Waals surface area contributed by atoms with Crippen LogP contribution in [0.4, 0.5) is 13.2 Å². The number of aryl methyl sites for hydroxylation is 1. The highest BCUT2D eigenvalue weighted by atomic mass is 19.4. The molecule has 4 nitrogen and oxygen atoms in total. The van der Waals surface area contributed by atoms with Crippen molar-refractivity contribution < 1.29 is 17.7 Å². The van der Waals surface area contributed by atoms with Crippen LogP contribution in [0.5, 0.6) is 0 Å². The second-order valence-electron chi connectivity index (χ2n) is 3.33. The molecule has 0 amide bonds. The largest absolute Gasteiger partial charge is 0.435 e. The molecule has 0 atom stereocenters. The van der Waals surface area contributed by atoms with Crippen LogP contribution in [0.15, 0.2) is 22.9 Å². The molecule has 86 valence electrons. The van der Waals surface area contributed by atoms with Crippen LogP contribution in [0.25, 0.3) is 0 Å². The number of aromatic nitrogens is 3. The van der Waals surface area contributed by atoms with Gasteiger partial charge < -0.3 is 4.52 Å². The standard InChI is InChI=1S/C9H8F3N3O/c1-6-4-7(14-16-6)5-15-3-2-8(13-15)9(10,11)12/h2-4H,5H2,1H3. The smallest absolute Gasteiger partial charge is 0.361 e. The second kappa shape index (κ2) is 3.66. The second-order valence-corrected chi connectivity index (χ2v) is 3.33. The van der Waals surface area contributed by atoms with Crippen molar-refractivity contribution in [1.29, 1.82) is 0 Å². The fourth-order valence-electron chi connectivity index (χ4n) is 1.26. The van der Waals surface area contributed by atoms with Gasteiger partial charge in [0.15, 0.2) is 5.69 Å². The minimum Gasteiger partial charge on any atom is -0.361 e. The molecule has 2 aromatic rings. The van der Waals surface area contributed by atoms with Gasteiger partial charge in [0.25, 0.3) is 0 Å². The molecule has 0 N–H and O–H groups in total. The Morgan fingerprint density at radius 3 is 2.69 bits per heavy atom. The normalized spacial score (nSPS) is 12.0. The molecule has 0 saturated carbocycles. The summed E-state index contributed by atoms with van der Waals surface area (Å²) >= 11 is 0. The van der Waals surface area contributed by atoms with E-state index in [-0.39, 0.29) is 6.54 Å². The Hall–Kier alpha value is -1.79. The van der Waals surface area contributed by atoms with Gasteiger partial charge in [-0.3, -0.25) is 4.68 Å². The third-order valence-corrected chi connectivity index (χ3v) is 1.93. The molecular weight excluding hydrogens is 223 g/mol. The summed E-state index contributed by atoms with van der Waals surface area (Å²) in [5.41, 5.74) is -0.373. The quantitative estimate of drug-likeness (QED) is 0.796. The van der Waals surface area contributed by atoms with Crippen LogP contribution in [0, 0.1) is 6.92 Å². The molecule has 0 aliphatic rings. The van der Waals surface area contributed by atoms with Gasteiger partial charge in [-0.05, 0) is 13.0 Å². The van der Waals surface area contributed by atoms with Crippen LogP contribution >= 0.6 is 0 Å². The zero-order valence-corrected chi connectivity index (χ0v) is 8.32. The molecule has 0 aliphatic heterocycles. The zero-order valence-electron chi connectivity index (χ0n) is 8.32. The summed E-state index contributed by atoms with van der Waals surface area (Å²) < 4.78 is 42.7. The monoisotopic (exact) mass is 231 g/mol. The lowest BCUT2D eigenvalue weighted by Crippen LogP contribution is -2.08. The summed E-state index contributed by atoms with van der Waals surface area (Å²) in [5.74, 6) is 0.609. The number of nitrogens with zero attached hydrogens (tertiary/aromatic N) is 3. The van der Waals surface area contributed by atoms with Gasteiger partial charge in [-0.1, -0.05) is 5.16 Å². The third-order valence-electron chi connectivity index (χ3n) is 1.93. The highest BCUT2D eigenvalue weighted by Crippen LogP contribution is 2.27. The minimum absolute atomic E-state index is 0.160. The van der Waals surface area contributed by atoms with Crippen molar-refractivity contribution >= 4 is 0 Å². The van der Waals surface area contributed by atoms with Crippen LogP contribution in [-0.2, 0) is 12.7 Å². The molecule has 16 heavy (non-hydrogen) atoms. The molecule has 0 spiro atoms. The lowest BCUT2D eigenvalue weighted by Gasteiger charge is -2.00. The molecule has 0 fully saturated rings. The summed E-state index contributed by atoms with van der Waals surface area (Å²) in [5, 5.41) is 7.06. The van der Waals surface area contributed by atoms with Crippen LogP contribution in [0.3, 0.4) is 0 Å². The Morgan fingerprint density at radius 2 is 2.19 bits per heavy atom. The van der Waals surface area contributed by atoms with E-state index in [9.17, 15) is 13.2 Å². The first-order valence-electron chi connectivity index (χ1n) is 4.48. The van der Waals surface area contributed by atoms with Gasteiger partial charge in [0.1, 0.15) is 11.5 Å². The maximum absolute atomic E-state index is 12.2. The van der Waals surface area contributed by atoms with Crippen molar-refractivity contribution in [2.75, 3.05) is 0 Å². The first-order valence-corrected chi connectivity index (χ1v) is 4.48. The van der Waals surface area contributed by atoms with Crippen LogP contribution in [-0.4, -0.2) is 14.9 Å². The molecular formula is C9H8F3N3O. The van der Waals surface area contributed by atoms with Gasteiger partial charge in [0.05, 0.1) is 6.54 Å². The molecule has 0 bridgehead atoms. The van der Waals surface area contributed by atoms with Crippen molar-refractivity contribution in [1.82, 2.24) is 14.9 Å². The van der Waals surface area contributed by atoms with Crippen LogP contribution in [0.2, 0.25) is 0 Å². The van der Waals surface area contributed by atoms with Crippen molar-refractivity contribution in [3.8, 4) is 0 Å². The average molecular weight is 231 g/mol. The van der Waals surface area contributed by atoms with Crippen molar-refractivity contribution in [2.45, 2.75) is 19.6 Å². The van der Waals surface area contributed by atoms with E-state index in [1.807, 2.05) is 0 Å². The predicted octanol–water partition coefficient (Wildman–Crippen LogP) is 2.25. The topological polar surface area (TPSA) is 43.9 Å². The highest BCUT2D eigenvalue weighted by Gasteiger charge is 2.33. The lowest BCUT2D eigenvalue weighted by molar-refractivity contribution is -0.141. The molecule has 2 heterocycles. The van der Waals surface area contributed by atoms with E-state index in [0.29, 0.717) is 11.5 Å². The summed E-state index contributed by atoms with van der Waals surface area (Å²) in [6.45, 7) is 1.87. The number of alkyl halides is 3. The van der Waals surface area contributed by atoms with Gasteiger partial charge in [-0.15, -0.1) is 0 Å². The van der Waals surface area contributed by atoms with Gasteiger partial charge in [-0.2, -0.15) is 18.3 Å².